The summed E-state index contributed by atoms with van der Waals surface area (Å²) in [6.45, 7) is 14.9. The Balaban J connectivity index is 3.33. The van der Waals surface area contributed by atoms with E-state index in [1.165, 1.54) is 27.8 Å². The lowest BCUT2D eigenvalue weighted by molar-refractivity contribution is 1.10. The number of allylic oxidation sites excluding steroid dienone is 3. The quantitative estimate of drug-likeness (QED) is 0.646. The van der Waals surface area contributed by atoms with Gasteiger partial charge in [-0.25, -0.2) is 0 Å². The van der Waals surface area contributed by atoms with Gasteiger partial charge in [0.2, 0.25) is 0 Å². The lowest BCUT2D eigenvalue weighted by atomic mass is 9.93. The summed E-state index contributed by atoms with van der Waals surface area (Å²) in [5.74, 6) is 0. The van der Waals surface area contributed by atoms with Crippen LogP contribution in [0.15, 0.2) is 30.4 Å². The minimum Gasteiger partial charge on any atom is -0.0955 e. The van der Waals surface area contributed by atoms with Gasteiger partial charge in [0, 0.05) is 0 Å². The lowest BCUT2D eigenvalue weighted by Crippen LogP contribution is -1.91. The van der Waals surface area contributed by atoms with E-state index in [0.717, 1.165) is 12.0 Å². The van der Waals surface area contributed by atoms with Gasteiger partial charge in [-0.15, -0.1) is 0 Å². The molecule has 0 aliphatic heterocycles. The molecule has 86 valence electrons. The van der Waals surface area contributed by atoms with Crippen molar-refractivity contribution in [2.45, 2.75) is 41.0 Å². The molecule has 0 aliphatic carbocycles. The van der Waals surface area contributed by atoms with E-state index in [9.17, 15) is 0 Å². The molecule has 0 atom stereocenters. The zero-order valence-corrected chi connectivity index (χ0v) is 11.1. The molecule has 0 unspecified atom stereocenters. The van der Waals surface area contributed by atoms with Crippen LogP contribution in [0.1, 0.15) is 50.8 Å². The van der Waals surface area contributed by atoms with Crippen molar-refractivity contribution in [2.75, 3.05) is 0 Å². The van der Waals surface area contributed by atoms with Gasteiger partial charge in [-0.05, 0) is 62.4 Å². The Hall–Kier alpha value is -1.30. The fraction of sp³-hybridized carbons (Fsp3) is 0.375. The van der Waals surface area contributed by atoms with Crippen LogP contribution in [0.2, 0.25) is 0 Å². The third kappa shape index (κ3) is 2.63. The minimum absolute atomic E-state index is 1.11. The SMILES string of the molecule is C=C(C)c1ccc(C)c(/C(C)=C(\C)CC)c1. The second-order valence-corrected chi connectivity index (χ2v) is 4.57. The van der Waals surface area contributed by atoms with Crippen LogP contribution >= 0.6 is 0 Å². The molecule has 0 nitrogen and oxygen atoms in total. The van der Waals surface area contributed by atoms with Gasteiger partial charge in [-0.2, -0.15) is 0 Å². The highest BCUT2D eigenvalue weighted by Gasteiger charge is 2.05. The van der Waals surface area contributed by atoms with E-state index in [-0.39, 0.29) is 0 Å². The summed E-state index contributed by atoms with van der Waals surface area (Å²) in [6.07, 6.45) is 1.11. The predicted molar refractivity (Wildman–Crippen MR) is 74.4 cm³/mol. The van der Waals surface area contributed by atoms with E-state index in [2.05, 4.69) is 59.4 Å². The molecule has 0 saturated carbocycles. The summed E-state index contributed by atoms with van der Waals surface area (Å²) in [5.41, 5.74) is 7.94. The lowest BCUT2D eigenvalue weighted by Gasteiger charge is -2.12. The minimum atomic E-state index is 1.11. The molecular weight excluding hydrogens is 192 g/mol. The molecule has 0 saturated heterocycles. The molecular formula is C16H22. The normalized spacial score (nSPS) is 12.3. The average molecular weight is 214 g/mol. The van der Waals surface area contributed by atoms with Crippen LogP contribution in [-0.4, -0.2) is 0 Å². The Bertz CT molecular complexity index is 433. The fourth-order valence-corrected chi connectivity index (χ4v) is 1.79. The standard InChI is InChI=1S/C16H22/c1-7-12(4)14(6)16-10-15(11(2)3)9-8-13(16)5/h8-10H,2,7H2,1,3-6H3/b14-12+. The highest BCUT2D eigenvalue weighted by Crippen LogP contribution is 2.26. The van der Waals surface area contributed by atoms with Gasteiger partial charge in [-0.3, -0.25) is 0 Å². The molecule has 0 heteroatoms. The number of aryl methyl sites for hydroxylation is 1. The first-order valence-electron chi connectivity index (χ1n) is 5.90. The molecule has 0 aliphatic rings. The van der Waals surface area contributed by atoms with Gasteiger partial charge >= 0.3 is 0 Å². The Morgan fingerprint density at radius 3 is 2.31 bits per heavy atom. The first-order valence-corrected chi connectivity index (χ1v) is 5.90. The second-order valence-electron chi connectivity index (χ2n) is 4.57. The maximum absolute atomic E-state index is 4.00. The Labute approximate surface area is 99.7 Å². The Morgan fingerprint density at radius 2 is 1.81 bits per heavy atom. The van der Waals surface area contributed by atoms with Gasteiger partial charge in [-0.1, -0.05) is 36.8 Å². The summed E-state index contributed by atoms with van der Waals surface area (Å²) in [7, 11) is 0. The van der Waals surface area contributed by atoms with E-state index >= 15 is 0 Å². The van der Waals surface area contributed by atoms with Crippen LogP contribution < -0.4 is 0 Å². The highest BCUT2D eigenvalue weighted by atomic mass is 14.1. The molecule has 0 radical (unpaired) electrons. The molecule has 1 rings (SSSR count). The first kappa shape index (κ1) is 12.8. The van der Waals surface area contributed by atoms with Gasteiger partial charge in [0.05, 0.1) is 0 Å². The van der Waals surface area contributed by atoms with E-state index in [0.29, 0.717) is 0 Å². The van der Waals surface area contributed by atoms with Gasteiger partial charge in [0.15, 0.2) is 0 Å². The van der Waals surface area contributed by atoms with E-state index in [4.69, 9.17) is 0 Å². The second kappa shape index (κ2) is 5.16. The summed E-state index contributed by atoms with van der Waals surface area (Å²) in [4.78, 5) is 0. The summed E-state index contributed by atoms with van der Waals surface area (Å²) in [6, 6.07) is 6.59. The largest absolute Gasteiger partial charge is 0.0955 e. The maximum atomic E-state index is 4.00. The molecule has 0 fully saturated rings. The van der Waals surface area contributed by atoms with Crippen molar-refractivity contribution < 1.29 is 0 Å². The average Bonchev–Trinajstić information content (AvgIpc) is 2.27. The van der Waals surface area contributed by atoms with Gasteiger partial charge in [0.25, 0.3) is 0 Å². The van der Waals surface area contributed by atoms with Crippen molar-refractivity contribution >= 4 is 11.1 Å². The molecule has 0 heterocycles. The van der Waals surface area contributed by atoms with Gasteiger partial charge in [0.1, 0.15) is 0 Å². The van der Waals surface area contributed by atoms with Crippen molar-refractivity contribution in [1.29, 1.82) is 0 Å². The van der Waals surface area contributed by atoms with Gasteiger partial charge < -0.3 is 0 Å². The van der Waals surface area contributed by atoms with Crippen molar-refractivity contribution in [3.05, 3.63) is 47.0 Å². The van der Waals surface area contributed by atoms with Crippen molar-refractivity contribution in [3.8, 4) is 0 Å². The first-order chi connectivity index (χ1) is 7.47. The number of rotatable bonds is 3. The van der Waals surface area contributed by atoms with Crippen LogP contribution in [0.4, 0.5) is 0 Å². The smallest absolute Gasteiger partial charge is 0.0193 e. The molecule has 0 N–H and O–H groups in total. The van der Waals surface area contributed by atoms with Crippen LogP contribution in [0, 0.1) is 6.92 Å². The fourth-order valence-electron chi connectivity index (χ4n) is 1.79. The summed E-state index contributed by atoms with van der Waals surface area (Å²) in [5, 5.41) is 0. The van der Waals surface area contributed by atoms with E-state index in [1.54, 1.807) is 0 Å². The number of hydrogen-bond donors (Lipinski definition) is 0. The number of benzene rings is 1. The van der Waals surface area contributed by atoms with Crippen LogP contribution in [0.5, 0.6) is 0 Å². The molecule has 16 heavy (non-hydrogen) atoms. The van der Waals surface area contributed by atoms with E-state index < -0.39 is 0 Å². The molecule has 1 aromatic carbocycles. The molecule has 1 aromatic rings. The van der Waals surface area contributed by atoms with E-state index in [1.807, 2.05) is 0 Å². The highest BCUT2D eigenvalue weighted by molar-refractivity contribution is 5.73. The van der Waals surface area contributed by atoms with Crippen LogP contribution in [-0.2, 0) is 0 Å². The number of hydrogen-bond acceptors (Lipinski definition) is 0. The molecule has 0 spiro atoms. The maximum Gasteiger partial charge on any atom is -0.0193 e. The monoisotopic (exact) mass is 214 g/mol. The molecule has 0 amide bonds. The molecule has 0 aromatic heterocycles. The van der Waals surface area contributed by atoms with Crippen LogP contribution in [0.3, 0.4) is 0 Å². The van der Waals surface area contributed by atoms with Crippen LogP contribution in [0.25, 0.3) is 11.1 Å². The third-order valence-corrected chi connectivity index (χ3v) is 3.30. The third-order valence-electron chi connectivity index (χ3n) is 3.30. The van der Waals surface area contributed by atoms with Crippen molar-refractivity contribution in [3.63, 3.8) is 0 Å². The topological polar surface area (TPSA) is 0 Å². The predicted octanol–water partition coefficient (Wildman–Crippen LogP) is 5.23. The van der Waals surface area contributed by atoms with Crippen molar-refractivity contribution in [1.82, 2.24) is 0 Å². The zero-order chi connectivity index (χ0) is 12.3. The Morgan fingerprint density at radius 1 is 1.19 bits per heavy atom. The Kier molecular flexibility index (Phi) is 4.12. The summed E-state index contributed by atoms with van der Waals surface area (Å²) < 4.78 is 0. The summed E-state index contributed by atoms with van der Waals surface area (Å²) >= 11 is 0. The zero-order valence-electron chi connectivity index (χ0n) is 11.1. The molecule has 0 bridgehead atoms. The van der Waals surface area contributed by atoms with Crippen molar-refractivity contribution in [2.24, 2.45) is 0 Å².